The quantitative estimate of drug-likeness (QED) is 0.816. The zero-order valence-electron chi connectivity index (χ0n) is 11.8. The highest BCUT2D eigenvalue weighted by atomic mass is 35.5. The fourth-order valence-corrected chi connectivity index (χ4v) is 3.98. The molecule has 0 aliphatic carbocycles. The second kappa shape index (κ2) is 6.39. The van der Waals surface area contributed by atoms with Crippen LogP contribution in [0.5, 0.6) is 0 Å². The number of thioether (sulfide) groups is 1. The van der Waals surface area contributed by atoms with E-state index in [4.69, 9.17) is 11.6 Å². The zero-order valence-corrected chi connectivity index (χ0v) is 13.3. The summed E-state index contributed by atoms with van der Waals surface area (Å²) < 4.78 is 13.9. The van der Waals surface area contributed by atoms with E-state index < -0.39 is 0 Å². The Morgan fingerprint density at radius 3 is 2.76 bits per heavy atom. The number of rotatable bonds is 3. The van der Waals surface area contributed by atoms with Crippen molar-refractivity contribution in [2.75, 3.05) is 5.75 Å². The molecule has 21 heavy (non-hydrogen) atoms. The van der Waals surface area contributed by atoms with Gasteiger partial charge in [0.15, 0.2) is 0 Å². The van der Waals surface area contributed by atoms with Crippen molar-refractivity contribution in [1.82, 2.24) is 5.32 Å². The lowest BCUT2D eigenvalue weighted by molar-refractivity contribution is 0.444. The average molecular weight is 322 g/mol. The van der Waals surface area contributed by atoms with Crippen LogP contribution in [0.15, 0.2) is 47.4 Å². The van der Waals surface area contributed by atoms with E-state index in [1.165, 1.54) is 11.6 Å². The molecule has 3 rings (SSSR count). The second-order valence-electron chi connectivity index (χ2n) is 5.29. The molecule has 110 valence electrons. The van der Waals surface area contributed by atoms with Crippen molar-refractivity contribution in [2.45, 2.75) is 30.3 Å². The summed E-state index contributed by atoms with van der Waals surface area (Å²) in [5, 5.41) is 4.36. The van der Waals surface area contributed by atoms with Gasteiger partial charge in [-0.05, 0) is 48.4 Å². The highest BCUT2D eigenvalue weighted by Crippen LogP contribution is 2.38. The van der Waals surface area contributed by atoms with Gasteiger partial charge in [0, 0.05) is 22.0 Å². The third-order valence-corrected chi connectivity index (χ3v) is 5.26. The molecule has 2 aromatic rings. The lowest BCUT2D eigenvalue weighted by Crippen LogP contribution is -2.27. The summed E-state index contributed by atoms with van der Waals surface area (Å²) in [5.74, 6) is 0.835. The van der Waals surface area contributed by atoms with Gasteiger partial charge in [0.25, 0.3) is 0 Å². The normalized spacial score (nSPS) is 19.1. The predicted molar refractivity (Wildman–Crippen MR) is 87.5 cm³/mol. The van der Waals surface area contributed by atoms with Crippen LogP contribution in [0.2, 0.25) is 5.02 Å². The number of hydrogen-bond acceptors (Lipinski definition) is 2. The first kappa shape index (κ1) is 14.9. The summed E-state index contributed by atoms with van der Waals surface area (Å²) in [7, 11) is 0. The van der Waals surface area contributed by atoms with Crippen LogP contribution in [0.25, 0.3) is 0 Å². The Labute approximate surface area is 133 Å². The zero-order chi connectivity index (χ0) is 14.8. The molecule has 0 saturated heterocycles. The molecular weight excluding hydrogens is 305 g/mol. The van der Waals surface area contributed by atoms with Crippen molar-refractivity contribution in [2.24, 2.45) is 0 Å². The number of fused-ring (bicyclic) bond motifs is 1. The van der Waals surface area contributed by atoms with Crippen LogP contribution in [-0.2, 0) is 0 Å². The molecule has 0 fully saturated rings. The predicted octanol–water partition coefficient (Wildman–Crippen LogP) is 5.37. The molecule has 1 nitrogen and oxygen atoms in total. The maximum absolute atomic E-state index is 13.9. The molecule has 2 atom stereocenters. The molecule has 2 aromatic carbocycles. The van der Waals surface area contributed by atoms with E-state index in [1.807, 2.05) is 30.3 Å². The Kier molecular flexibility index (Phi) is 4.53. The van der Waals surface area contributed by atoms with Crippen molar-refractivity contribution in [3.63, 3.8) is 0 Å². The molecular formula is C17H17ClFNS. The fraction of sp³-hybridized carbons (Fsp3) is 0.294. The first-order chi connectivity index (χ1) is 10.1. The minimum absolute atomic E-state index is 0.108. The number of nitrogens with one attached hydrogen (secondary N) is 1. The van der Waals surface area contributed by atoms with E-state index in [2.05, 4.69) is 12.2 Å². The van der Waals surface area contributed by atoms with Gasteiger partial charge in [0.2, 0.25) is 0 Å². The van der Waals surface area contributed by atoms with Gasteiger partial charge in [0.05, 0.1) is 0 Å². The summed E-state index contributed by atoms with van der Waals surface area (Å²) in [6.45, 7) is 2.13. The minimum atomic E-state index is -0.108. The SMILES string of the molecule is C[C@H](NC1CCSc2c(F)cccc21)c1ccc(Cl)cc1. The van der Waals surface area contributed by atoms with E-state index in [9.17, 15) is 4.39 Å². The monoisotopic (exact) mass is 321 g/mol. The Bertz CT molecular complexity index is 629. The third-order valence-electron chi connectivity index (χ3n) is 3.85. The van der Waals surface area contributed by atoms with Gasteiger partial charge in [-0.15, -0.1) is 11.8 Å². The van der Waals surface area contributed by atoms with E-state index in [1.54, 1.807) is 17.8 Å². The molecule has 4 heteroatoms. The Morgan fingerprint density at radius 1 is 1.24 bits per heavy atom. The van der Waals surface area contributed by atoms with Gasteiger partial charge in [-0.3, -0.25) is 0 Å². The van der Waals surface area contributed by atoms with Crippen molar-refractivity contribution in [3.05, 3.63) is 64.4 Å². The molecule has 1 N–H and O–H groups in total. The van der Waals surface area contributed by atoms with Crippen molar-refractivity contribution < 1.29 is 4.39 Å². The van der Waals surface area contributed by atoms with Crippen LogP contribution in [0.3, 0.4) is 0 Å². The topological polar surface area (TPSA) is 12.0 Å². The number of benzene rings is 2. The summed E-state index contributed by atoms with van der Waals surface area (Å²) in [4.78, 5) is 0.796. The van der Waals surface area contributed by atoms with Gasteiger partial charge in [0.1, 0.15) is 5.82 Å². The molecule has 0 aromatic heterocycles. The Hall–Kier alpha value is -1.03. The summed E-state index contributed by atoms with van der Waals surface area (Å²) >= 11 is 7.54. The van der Waals surface area contributed by atoms with Gasteiger partial charge in [-0.1, -0.05) is 35.9 Å². The second-order valence-corrected chi connectivity index (χ2v) is 6.83. The number of halogens is 2. The summed E-state index contributed by atoms with van der Waals surface area (Å²) in [6, 6.07) is 13.6. The molecule has 0 radical (unpaired) electrons. The van der Waals surface area contributed by atoms with Crippen molar-refractivity contribution in [3.8, 4) is 0 Å². The van der Waals surface area contributed by atoms with Crippen LogP contribution in [0.1, 0.15) is 36.6 Å². The maximum Gasteiger partial charge on any atom is 0.137 e. The third kappa shape index (κ3) is 3.25. The van der Waals surface area contributed by atoms with Crippen LogP contribution >= 0.6 is 23.4 Å². The highest BCUT2D eigenvalue weighted by molar-refractivity contribution is 7.99. The van der Waals surface area contributed by atoms with E-state index in [0.717, 1.165) is 27.7 Å². The standard InChI is InChI=1S/C17H17ClFNS/c1-11(12-5-7-13(18)8-6-12)20-16-9-10-21-17-14(16)3-2-4-15(17)19/h2-8,11,16,20H,9-10H2,1H3/t11-,16?/m0/s1. The van der Waals surface area contributed by atoms with Crippen LogP contribution in [-0.4, -0.2) is 5.75 Å². The first-order valence-corrected chi connectivity index (χ1v) is 8.44. The molecule has 1 aliphatic rings. The molecule has 0 bridgehead atoms. The lowest BCUT2D eigenvalue weighted by Gasteiger charge is -2.29. The van der Waals surface area contributed by atoms with Gasteiger partial charge in [-0.25, -0.2) is 4.39 Å². The Balaban J connectivity index is 1.80. The molecule has 1 aliphatic heterocycles. The first-order valence-electron chi connectivity index (χ1n) is 7.08. The average Bonchev–Trinajstić information content (AvgIpc) is 2.49. The van der Waals surface area contributed by atoms with Crippen molar-refractivity contribution >= 4 is 23.4 Å². The molecule has 0 spiro atoms. The van der Waals surface area contributed by atoms with Crippen molar-refractivity contribution in [1.29, 1.82) is 0 Å². The fourth-order valence-electron chi connectivity index (χ4n) is 2.71. The smallest absolute Gasteiger partial charge is 0.137 e. The summed E-state index contributed by atoms with van der Waals surface area (Å²) in [5.41, 5.74) is 2.27. The van der Waals surface area contributed by atoms with Crippen LogP contribution in [0, 0.1) is 5.82 Å². The lowest BCUT2D eigenvalue weighted by atomic mass is 10.0. The summed E-state index contributed by atoms with van der Waals surface area (Å²) in [6.07, 6.45) is 1.01. The highest BCUT2D eigenvalue weighted by Gasteiger charge is 2.24. The van der Waals surface area contributed by atoms with Gasteiger partial charge in [-0.2, -0.15) is 0 Å². The van der Waals surface area contributed by atoms with Crippen LogP contribution in [0.4, 0.5) is 4.39 Å². The minimum Gasteiger partial charge on any atom is -0.303 e. The molecule has 1 unspecified atom stereocenters. The van der Waals surface area contributed by atoms with E-state index in [0.29, 0.717) is 0 Å². The number of hydrogen-bond donors (Lipinski definition) is 1. The molecule has 0 saturated carbocycles. The molecule has 1 heterocycles. The van der Waals surface area contributed by atoms with E-state index in [-0.39, 0.29) is 17.9 Å². The van der Waals surface area contributed by atoms with Gasteiger partial charge >= 0.3 is 0 Å². The van der Waals surface area contributed by atoms with Gasteiger partial charge < -0.3 is 5.32 Å². The molecule has 0 amide bonds. The Morgan fingerprint density at radius 2 is 2.00 bits per heavy atom. The van der Waals surface area contributed by atoms with Crippen LogP contribution < -0.4 is 5.32 Å². The largest absolute Gasteiger partial charge is 0.303 e. The maximum atomic E-state index is 13.9. The van der Waals surface area contributed by atoms with E-state index >= 15 is 0 Å².